The van der Waals surface area contributed by atoms with Gasteiger partial charge in [0.1, 0.15) is 11.0 Å². The van der Waals surface area contributed by atoms with Crippen molar-refractivity contribution in [1.29, 1.82) is 5.26 Å². The first-order valence-electron chi connectivity index (χ1n) is 9.18. The molecule has 0 bridgehead atoms. The average Bonchev–Trinajstić information content (AvgIpc) is 2.99. The second-order valence-corrected chi connectivity index (χ2v) is 8.05. The summed E-state index contributed by atoms with van der Waals surface area (Å²) in [5, 5.41) is 14.8. The first kappa shape index (κ1) is 18.9. The van der Waals surface area contributed by atoms with Crippen molar-refractivity contribution in [2.45, 2.75) is 51.7 Å². The maximum absolute atomic E-state index is 12.7. The van der Waals surface area contributed by atoms with E-state index in [2.05, 4.69) is 11.4 Å². The van der Waals surface area contributed by atoms with Crippen LogP contribution in [0.1, 0.15) is 51.6 Å². The van der Waals surface area contributed by atoms with Gasteiger partial charge >= 0.3 is 6.09 Å². The molecule has 1 fully saturated rings. The van der Waals surface area contributed by atoms with E-state index in [-0.39, 0.29) is 5.78 Å². The number of carbonyl (C=O) groups is 2. The molecule has 1 amide bonds. The molecule has 1 aliphatic carbocycles. The lowest BCUT2D eigenvalue weighted by Crippen LogP contribution is -2.44. The number of ether oxygens (including phenoxy) is 1. The normalized spacial score (nSPS) is 20.9. The fourth-order valence-electron chi connectivity index (χ4n) is 3.68. The standard InChI is InChI=1S/C22H24N2O3/c1-21(2,3)27-20(26)24-19(22(14-23)12-6-9-18(22)25)17-11-10-15-7-4-5-8-16(15)13-17/h4-5,7-8,10-11,13,19H,6,9,12H2,1-3H3,(H,24,26)/t19-,22+/m0/s1. The summed E-state index contributed by atoms with van der Waals surface area (Å²) in [6, 6.07) is 15.1. The second kappa shape index (κ2) is 7.03. The number of benzene rings is 2. The lowest BCUT2D eigenvalue weighted by Gasteiger charge is -2.32. The zero-order valence-corrected chi connectivity index (χ0v) is 15.9. The van der Waals surface area contributed by atoms with Gasteiger partial charge in [0.25, 0.3) is 0 Å². The van der Waals surface area contributed by atoms with Gasteiger partial charge in [-0.25, -0.2) is 4.79 Å². The van der Waals surface area contributed by atoms with E-state index in [1.807, 2.05) is 42.5 Å². The average molecular weight is 364 g/mol. The van der Waals surface area contributed by atoms with Crippen molar-refractivity contribution < 1.29 is 14.3 Å². The topological polar surface area (TPSA) is 79.2 Å². The van der Waals surface area contributed by atoms with Crippen LogP contribution < -0.4 is 5.32 Å². The summed E-state index contributed by atoms with van der Waals surface area (Å²) in [5.74, 6) is -0.126. The number of nitrogens with zero attached hydrogens (tertiary/aromatic N) is 1. The molecule has 1 N–H and O–H groups in total. The zero-order valence-electron chi connectivity index (χ0n) is 15.9. The molecule has 27 heavy (non-hydrogen) atoms. The van der Waals surface area contributed by atoms with E-state index in [1.54, 1.807) is 20.8 Å². The number of Topliss-reactive ketones (excluding diaryl/α,β-unsaturated/α-hetero) is 1. The van der Waals surface area contributed by atoms with Crippen LogP contribution in [-0.4, -0.2) is 17.5 Å². The molecule has 3 rings (SSSR count). The maximum atomic E-state index is 12.7. The van der Waals surface area contributed by atoms with Gasteiger partial charge in [0, 0.05) is 6.42 Å². The van der Waals surface area contributed by atoms with Gasteiger partial charge in [0.15, 0.2) is 5.78 Å². The maximum Gasteiger partial charge on any atom is 0.408 e. The molecule has 0 unspecified atom stereocenters. The minimum Gasteiger partial charge on any atom is -0.444 e. The number of alkyl carbamates (subject to hydrolysis) is 1. The molecule has 2 atom stereocenters. The Hall–Kier alpha value is -2.87. The molecule has 1 saturated carbocycles. The number of ketones is 1. The number of rotatable bonds is 3. The molecular weight excluding hydrogens is 340 g/mol. The van der Waals surface area contributed by atoms with Crippen LogP contribution in [0.15, 0.2) is 42.5 Å². The van der Waals surface area contributed by atoms with Crippen LogP contribution in [0.5, 0.6) is 0 Å². The third kappa shape index (κ3) is 3.80. The number of carbonyl (C=O) groups excluding carboxylic acids is 2. The Labute approximate surface area is 159 Å². The third-order valence-corrected chi connectivity index (χ3v) is 4.93. The number of fused-ring (bicyclic) bond motifs is 1. The summed E-state index contributed by atoms with van der Waals surface area (Å²) < 4.78 is 5.39. The molecule has 140 valence electrons. The van der Waals surface area contributed by atoms with Crippen LogP contribution in [-0.2, 0) is 9.53 Å². The number of hydrogen-bond acceptors (Lipinski definition) is 4. The van der Waals surface area contributed by atoms with Crippen LogP contribution in [0, 0.1) is 16.7 Å². The van der Waals surface area contributed by atoms with Gasteiger partial charge in [-0.2, -0.15) is 5.26 Å². The quantitative estimate of drug-likeness (QED) is 0.858. The predicted octanol–water partition coefficient (Wildman–Crippen LogP) is 4.67. The van der Waals surface area contributed by atoms with Crippen LogP contribution in [0.2, 0.25) is 0 Å². The molecule has 0 saturated heterocycles. The lowest BCUT2D eigenvalue weighted by molar-refractivity contribution is -0.124. The summed E-state index contributed by atoms with van der Waals surface area (Å²) in [6.45, 7) is 5.33. The lowest BCUT2D eigenvalue weighted by atomic mass is 9.75. The van der Waals surface area contributed by atoms with E-state index in [4.69, 9.17) is 4.74 Å². The Morgan fingerprint density at radius 3 is 2.52 bits per heavy atom. The number of nitriles is 1. The van der Waals surface area contributed by atoms with Gasteiger partial charge in [0.2, 0.25) is 0 Å². The second-order valence-electron chi connectivity index (χ2n) is 8.05. The van der Waals surface area contributed by atoms with Crippen molar-refractivity contribution in [3.8, 4) is 6.07 Å². The molecule has 2 aromatic carbocycles. The Morgan fingerprint density at radius 1 is 1.22 bits per heavy atom. The molecule has 0 aromatic heterocycles. The van der Waals surface area contributed by atoms with Crippen molar-refractivity contribution in [3.63, 3.8) is 0 Å². The Balaban J connectivity index is 2.04. The summed E-state index contributed by atoms with van der Waals surface area (Å²) >= 11 is 0. The van der Waals surface area contributed by atoms with Crippen molar-refractivity contribution in [1.82, 2.24) is 5.32 Å². The summed E-state index contributed by atoms with van der Waals surface area (Å²) in [4.78, 5) is 25.1. The van der Waals surface area contributed by atoms with Crippen molar-refractivity contribution in [2.75, 3.05) is 0 Å². The minimum absolute atomic E-state index is 0.126. The highest BCUT2D eigenvalue weighted by molar-refractivity contribution is 5.91. The highest BCUT2D eigenvalue weighted by Crippen LogP contribution is 2.45. The SMILES string of the molecule is CC(C)(C)OC(=O)N[C@@H](c1ccc2ccccc2c1)[C@@]1(C#N)CCCC1=O. The molecule has 0 heterocycles. The molecule has 0 aliphatic heterocycles. The van der Waals surface area contributed by atoms with Gasteiger partial charge in [-0.3, -0.25) is 4.79 Å². The molecule has 1 aliphatic rings. The molecule has 5 nitrogen and oxygen atoms in total. The van der Waals surface area contributed by atoms with E-state index in [1.165, 1.54) is 0 Å². The number of amides is 1. The van der Waals surface area contributed by atoms with Gasteiger partial charge in [-0.15, -0.1) is 0 Å². The van der Waals surface area contributed by atoms with E-state index < -0.39 is 23.2 Å². The fraction of sp³-hybridized carbons (Fsp3) is 0.409. The molecular formula is C22H24N2O3. The van der Waals surface area contributed by atoms with Crippen LogP contribution in [0.3, 0.4) is 0 Å². The van der Waals surface area contributed by atoms with Gasteiger partial charge in [0.05, 0.1) is 12.1 Å². The largest absolute Gasteiger partial charge is 0.444 e. The predicted molar refractivity (Wildman–Crippen MR) is 103 cm³/mol. The van der Waals surface area contributed by atoms with Crippen molar-refractivity contribution in [2.24, 2.45) is 5.41 Å². The first-order chi connectivity index (χ1) is 12.7. The van der Waals surface area contributed by atoms with E-state index in [9.17, 15) is 14.9 Å². The van der Waals surface area contributed by atoms with Crippen LogP contribution in [0.4, 0.5) is 4.79 Å². The molecule has 0 spiro atoms. The Kier molecular flexibility index (Phi) is 4.93. The van der Waals surface area contributed by atoms with E-state index in [0.717, 1.165) is 16.3 Å². The molecule has 0 radical (unpaired) electrons. The summed E-state index contributed by atoms with van der Waals surface area (Å²) in [7, 11) is 0. The molecule has 2 aromatic rings. The highest BCUT2D eigenvalue weighted by atomic mass is 16.6. The third-order valence-electron chi connectivity index (χ3n) is 4.93. The van der Waals surface area contributed by atoms with Crippen LogP contribution >= 0.6 is 0 Å². The zero-order chi connectivity index (χ0) is 19.7. The van der Waals surface area contributed by atoms with E-state index in [0.29, 0.717) is 19.3 Å². The van der Waals surface area contributed by atoms with Gasteiger partial charge in [-0.05, 0) is 56.0 Å². The highest BCUT2D eigenvalue weighted by Gasteiger charge is 2.50. The Morgan fingerprint density at radius 2 is 1.93 bits per heavy atom. The Bertz CT molecular complexity index is 923. The van der Waals surface area contributed by atoms with Gasteiger partial charge in [-0.1, -0.05) is 36.4 Å². The number of hydrogen-bond donors (Lipinski definition) is 1. The molecule has 5 heteroatoms. The van der Waals surface area contributed by atoms with Crippen LogP contribution in [0.25, 0.3) is 10.8 Å². The number of nitrogens with one attached hydrogen (secondary N) is 1. The summed E-state index contributed by atoms with van der Waals surface area (Å²) in [6.07, 6.45) is 0.797. The van der Waals surface area contributed by atoms with Crippen molar-refractivity contribution >= 4 is 22.6 Å². The van der Waals surface area contributed by atoms with E-state index >= 15 is 0 Å². The van der Waals surface area contributed by atoms with Gasteiger partial charge < -0.3 is 10.1 Å². The summed E-state index contributed by atoms with van der Waals surface area (Å²) in [5.41, 5.74) is -1.20. The smallest absolute Gasteiger partial charge is 0.408 e. The van der Waals surface area contributed by atoms with Crippen molar-refractivity contribution in [3.05, 3.63) is 48.0 Å². The monoisotopic (exact) mass is 364 g/mol. The fourth-order valence-corrected chi connectivity index (χ4v) is 3.68. The first-order valence-corrected chi connectivity index (χ1v) is 9.18. The minimum atomic E-state index is -1.26.